The molecule has 128 valence electrons. The third-order valence-corrected chi connectivity index (χ3v) is 4.70. The molecule has 0 saturated carbocycles. The second-order valence-corrected chi connectivity index (χ2v) is 6.63. The van der Waals surface area contributed by atoms with Crippen molar-refractivity contribution < 1.29 is 13.7 Å². The van der Waals surface area contributed by atoms with Crippen LogP contribution in [-0.4, -0.2) is 11.1 Å². The Bertz CT molecular complexity index is 873. The molecule has 0 radical (unpaired) electrons. The van der Waals surface area contributed by atoms with Crippen molar-refractivity contribution in [2.75, 3.05) is 5.32 Å². The number of hydrogen-bond donors (Lipinski definition) is 1. The summed E-state index contributed by atoms with van der Waals surface area (Å²) in [7, 11) is 0. The number of thioether (sulfide) groups is 1. The van der Waals surface area contributed by atoms with Crippen LogP contribution in [0.25, 0.3) is 11.3 Å². The van der Waals surface area contributed by atoms with E-state index in [9.17, 15) is 9.18 Å². The van der Waals surface area contributed by atoms with E-state index in [1.807, 2.05) is 31.2 Å². The Balaban J connectivity index is 1.68. The van der Waals surface area contributed by atoms with Gasteiger partial charge in [-0.05, 0) is 55.5 Å². The fraction of sp³-hybridized carbons (Fsp3) is 0.158. The average Bonchev–Trinajstić information content (AvgIpc) is 2.95. The average molecular weight is 356 g/mol. The Hall–Kier alpha value is -2.60. The lowest BCUT2D eigenvalue weighted by Gasteiger charge is -2.04. The van der Waals surface area contributed by atoms with Gasteiger partial charge in [0.1, 0.15) is 5.82 Å². The number of nitrogens with zero attached hydrogens (tertiary/aromatic N) is 1. The first kappa shape index (κ1) is 17.2. The molecule has 25 heavy (non-hydrogen) atoms. The fourth-order valence-corrected chi connectivity index (χ4v) is 3.26. The SMILES string of the molecule is CC(=O)Nc1ccc(SCc2noc(-c3ccc(F)cc3)c2C)cc1. The molecule has 0 spiro atoms. The third-order valence-electron chi connectivity index (χ3n) is 3.68. The van der Waals surface area contributed by atoms with Gasteiger partial charge in [0, 0.05) is 34.4 Å². The van der Waals surface area contributed by atoms with Gasteiger partial charge in [-0.25, -0.2) is 4.39 Å². The number of aromatic nitrogens is 1. The van der Waals surface area contributed by atoms with E-state index < -0.39 is 0 Å². The molecule has 2 aromatic carbocycles. The summed E-state index contributed by atoms with van der Waals surface area (Å²) in [5.41, 5.74) is 3.39. The van der Waals surface area contributed by atoms with Crippen molar-refractivity contribution >= 4 is 23.4 Å². The normalized spacial score (nSPS) is 10.7. The molecule has 1 N–H and O–H groups in total. The molecular formula is C19H17FN2O2S. The number of hydrogen-bond acceptors (Lipinski definition) is 4. The lowest BCUT2D eigenvalue weighted by Crippen LogP contribution is -2.05. The lowest BCUT2D eigenvalue weighted by atomic mass is 10.1. The van der Waals surface area contributed by atoms with Crippen LogP contribution in [0.15, 0.2) is 57.9 Å². The van der Waals surface area contributed by atoms with E-state index in [1.54, 1.807) is 23.9 Å². The van der Waals surface area contributed by atoms with Gasteiger partial charge in [-0.3, -0.25) is 4.79 Å². The minimum absolute atomic E-state index is 0.0908. The second-order valence-electron chi connectivity index (χ2n) is 5.58. The molecule has 0 bridgehead atoms. The molecule has 1 aromatic heterocycles. The number of amides is 1. The van der Waals surface area contributed by atoms with Gasteiger partial charge >= 0.3 is 0 Å². The second kappa shape index (κ2) is 7.53. The summed E-state index contributed by atoms with van der Waals surface area (Å²) in [5.74, 6) is 0.957. The number of carbonyl (C=O) groups excluding carboxylic acids is 1. The van der Waals surface area contributed by atoms with Crippen LogP contribution in [0.3, 0.4) is 0 Å². The summed E-state index contributed by atoms with van der Waals surface area (Å²) in [6.07, 6.45) is 0. The van der Waals surface area contributed by atoms with E-state index >= 15 is 0 Å². The molecule has 0 atom stereocenters. The van der Waals surface area contributed by atoms with Crippen molar-refractivity contribution in [2.45, 2.75) is 24.5 Å². The molecule has 3 aromatic rings. The largest absolute Gasteiger partial charge is 0.356 e. The maximum absolute atomic E-state index is 13.0. The van der Waals surface area contributed by atoms with Crippen molar-refractivity contribution in [1.29, 1.82) is 0 Å². The third kappa shape index (κ3) is 4.28. The highest BCUT2D eigenvalue weighted by molar-refractivity contribution is 7.98. The molecule has 0 saturated heterocycles. The van der Waals surface area contributed by atoms with E-state index in [4.69, 9.17) is 4.52 Å². The molecule has 4 nitrogen and oxygen atoms in total. The minimum Gasteiger partial charge on any atom is -0.356 e. The first-order valence-electron chi connectivity index (χ1n) is 7.74. The van der Waals surface area contributed by atoms with Crippen molar-refractivity contribution in [2.24, 2.45) is 0 Å². The fourth-order valence-electron chi connectivity index (χ4n) is 2.36. The van der Waals surface area contributed by atoms with Gasteiger partial charge in [0.2, 0.25) is 5.91 Å². The zero-order valence-corrected chi connectivity index (χ0v) is 14.7. The van der Waals surface area contributed by atoms with Crippen LogP contribution in [0.5, 0.6) is 0 Å². The van der Waals surface area contributed by atoms with Gasteiger partial charge in [-0.1, -0.05) is 5.16 Å². The number of anilines is 1. The number of carbonyl (C=O) groups is 1. The Morgan fingerprint density at radius 2 is 1.84 bits per heavy atom. The Morgan fingerprint density at radius 1 is 1.16 bits per heavy atom. The van der Waals surface area contributed by atoms with Crippen LogP contribution in [0.2, 0.25) is 0 Å². The predicted octanol–water partition coefficient (Wildman–Crippen LogP) is 5.04. The predicted molar refractivity (Wildman–Crippen MR) is 96.9 cm³/mol. The molecule has 1 amide bonds. The highest BCUT2D eigenvalue weighted by Gasteiger charge is 2.14. The van der Waals surface area contributed by atoms with E-state index in [0.717, 1.165) is 27.4 Å². The highest BCUT2D eigenvalue weighted by atomic mass is 32.2. The minimum atomic E-state index is -0.278. The van der Waals surface area contributed by atoms with Crippen LogP contribution in [0, 0.1) is 12.7 Å². The lowest BCUT2D eigenvalue weighted by molar-refractivity contribution is -0.114. The molecule has 0 aliphatic heterocycles. The first-order valence-corrected chi connectivity index (χ1v) is 8.73. The molecule has 0 aliphatic rings. The Morgan fingerprint density at radius 3 is 2.48 bits per heavy atom. The zero-order chi connectivity index (χ0) is 17.8. The van der Waals surface area contributed by atoms with Crippen molar-refractivity contribution in [1.82, 2.24) is 5.16 Å². The van der Waals surface area contributed by atoms with E-state index in [2.05, 4.69) is 10.5 Å². The summed E-state index contributed by atoms with van der Waals surface area (Å²) >= 11 is 1.63. The molecule has 6 heteroatoms. The summed E-state index contributed by atoms with van der Waals surface area (Å²) in [5, 5.41) is 6.88. The van der Waals surface area contributed by atoms with Crippen LogP contribution in [0.4, 0.5) is 10.1 Å². The van der Waals surface area contributed by atoms with E-state index in [-0.39, 0.29) is 11.7 Å². The van der Waals surface area contributed by atoms with E-state index in [1.165, 1.54) is 19.1 Å². The van der Waals surface area contributed by atoms with Crippen LogP contribution in [0.1, 0.15) is 18.2 Å². The topological polar surface area (TPSA) is 55.1 Å². The first-order chi connectivity index (χ1) is 12.0. The number of benzene rings is 2. The number of rotatable bonds is 5. The summed E-state index contributed by atoms with van der Waals surface area (Å²) in [4.78, 5) is 12.1. The summed E-state index contributed by atoms with van der Waals surface area (Å²) < 4.78 is 18.5. The number of nitrogens with one attached hydrogen (secondary N) is 1. The van der Waals surface area contributed by atoms with Gasteiger partial charge in [-0.15, -0.1) is 11.8 Å². The van der Waals surface area contributed by atoms with Gasteiger partial charge in [-0.2, -0.15) is 0 Å². The van der Waals surface area contributed by atoms with Gasteiger partial charge in [0.25, 0.3) is 0 Å². The molecule has 0 fully saturated rings. The Kier molecular flexibility index (Phi) is 5.19. The maximum Gasteiger partial charge on any atom is 0.221 e. The molecule has 3 rings (SSSR count). The summed E-state index contributed by atoms with van der Waals surface area (Å²) in [6, 6.07) is 13.8. The van der Waals surface area contributed by atoms with Crippen molar-refractivity contribution in [3.8, 4) is 11.3 Å². The van der Waals surface area contributed by atoms with Crippen molar-refractivity contribution in [3.63, 3.8) is 0 Å². The quantitative estimate of drug-likeness (QED) is 0.651. The maximum atomic E-state index is 13.0. The van der Waals surface area contributed by atoms with Crippen molar-refractivity contribution in [3.05, 3.63) is 65.6 Å². The molecular weight excluding hydrogens is 339 g/mol. The summed E-state index contributed by atoms with van der Waals surface area (Å²) in [6.45, 7) is 3.43. The smallest absolute Gasteiger partial charge is 0.221 e. The highest BCUT2D eigenvalue weighted by Crippen LogP contribution is 2.30. The van der Waals surface area contributed by atoms with E-state index in [0.29, 0.717) is 11.5 Å². The van der Waals surface area contributed by atoms with Gasteiger partial charge in [0.15, 0.2) is 5.76 Å². The molecule has 0 unspecified atom stereocenters. The van der Waals surface area contributed by atoms with Crippen LogP contribution in [-0.2, 0) is 10.5 Å². The van der Waals surface area contributed by atoms with Crippen LogP contribution < -0.4 is 5.32 Å². The Labute approximate surface area is 149 Å². The van der Waals surface area contributed by atoms with Gasteiger partial charge in [0.05, 0.1) is 5.69 Å². The standard InChI is InChI=1S/C19H17FN2O2S/c1-12-18(22-24-19(12)14-3-5-15(20)6-4-14)11-25-17-9-7-16(8-10-17)21-13(2)23/h3-10H,11H2,1-2H3,(H,21,23). The van der Waals surface area contributed by atoms with Crippen LogP contribution >= 0.6 is 11.8 Å². The number of halogens is 1. The molecule has 0 aliphatic carbocycles. The monoisotopic (exact) mass is 356 g/mol. The zero-order valence-electron chi connectivity index (χ0n) is 13.9. The van der Waals surface area contributed by atoms with Gasteiger partial charge < -0.3 is 9.84 Å². The molecule has 1 heterocycles.